The van der Waals surface area contributed by atoms with Gasteiger partial charge in [0.25, 0.3) is 0 Å². The smallest absolute Gasteiger partial charge is 0.339 e. The molecule has 5 nitrogen and oxygen atoms in total. The van der Waals surface area contributed by atoms with Crippen LogP contribution in [0.1, 0.15) is 16.7 Å². The molecule has 3 aromatic carbocycles. The summed E-state index contributed by atoms with van der Waals surface area (Å²) in [5, 5.41) is 3.36. The fourth-order valence-electron chi connectivity index (χ4n) is 2.73. The molecule has 28 heavy (non-hydrogen) atoms. The lowest BCUT2D eigenvalue weighted by Gasteiger charge is -2.14. The molecule has 0 heterocycles. The number of nitrogens with one attached hydrogen (secondary N) is 1. The number of anilines is 1. The third kappa shape index (κ3) is 4.64. The van der Waals surface area contributed by atoms with Crippen LogP contribution >= 0.6 is 0 Å². The van der Waals surface area contributed by atoms with Crippen LogP contribution in [0.2, 0.25) is 0 Å². The maximum absolute atomic E-state index is 12.5. The van der Waals surface area contributed by atoms with Gasteiger partial charge in [-0.15, -0.1) is 0 Å². The van der Waals surface area contributed by atoms with E-state index in [1.165, 1.54) is 19.2 Å². The number of hydrogen-bond donors (Lipinski definition) is 1. The first-order chi connectivity index (χ1) is 13.4. The van der Waals surface area contributed by atoms with Gasteiger partial charge < -0.3 is 14.2 Å². The van der Waals surface area contributed by atoms with Crippen molar-refractivity contribution in [1.82, 2.24) is 0 Å². The highest BCUT2D eigenvalue weighted by Crippen LogP contribution is 2.31. The van der Waals surface area contributed by atoms with Gasteiger partial charge in [0.15, 0.2) is 11.5 Å². The maximum atomic E-state index is 12.5. The fraction of sp³-hybridized carbons (Fsp3) is 0.182. The first-order valence-electron chi connectivity index (χ1n) is 8.86. The Morgan fingerprint density at radius 3 is 2.29 bits per heavy atom. The largest absolute Gasteiger partial charge is 0.493 e. The van der Waals surface area contributed by atoms with Crippen molar-refractivity contribution in [2.75, 3.05) is 12.4 Å². The Labute approximate surface area is 166 Å². The highest BCUT2D eigenvalue weighted by molar-refractivity contribution is 7.87. The van der Waals surface area contributed by atoms with Gasteiger partial charge in [-0.05, 0) is 55.3 Å². The topological polar surface area (TPSA) is 64.6 Å². The van der Waals surface area contributed by atoms with Crippen molar-refractivity contribution >= 4 is 15.8 Å². The Balaban J connectivity index is 1.77. The Morgan fingerprint density at radius 1 is 0.893 bits per heavy atom. The zero-order valence-corrected chi connectivity index (χ0v) is 16.9. The van der Waals surface area contributed by atoms with Crippen LogP contribution in [-0.2, 0) is 16.7 Å². The summed E-state index contributed by atoms with van der Waals surface area (Å²) in [6, 6.07) is 19.7. The van der Waals surface area contributed by atoms with E-state index >= 15 is 0 Å². The molecule has 0 aliphatic heterocycles. The molecule has 0 radical (unpaired) electrons. The minimum atomic E-state index is -3.93. The average Bonchev–Trinajstić information content (AvgIpc) is 2.68. The zero-order valence-electron chi connectivity index (χ0n) is 16.1. The number of para-hydroxylation sites is 1. The van der Waals surface area contributed by atoms with Crippen molar-refractivity contribution in [2.45, 2.75) is 25.3 Å². The van der Waals surface area contributed by atoms with Gasteiger partial charge in [0.2, 0.25) is 0 Å². The summed E-state index contributed by atoms with van der Waals surface area (Å²) in [6.07, 6.45) is 0. The molecule has 0 spiro atoms. The Bertz CT molecular complexity index is 1060. The average molecular weight is 397 g/mol. The summed E-state index contributed by atoms with van der Waals surface area (Å²) in [7, 11) is -2.45. The van der Waals surface area contributed by atoms with Gasteiger partial charge in [-0.3, -0.25) is 0 Å². The molecule has 0 atom stereocenters. The molecule has 3 rings (SSSR count). The molecule has 0 aliphatic rings. The van der Waals surface area contributed by atoms with Gasteiger partial charge >= 0.3 is 10.1 Å². The van der Waals surface area contributed by atoms with Gasteiger partial charge in [-0.1, -0.05) is 42.0 Å². The minimum absolute atomic E-state index is 0.102. The summed E-state index contributed by atoms with van der Waals surface area (Å²) in [6.45, 7) is 4.51. The monoisotopic (exact) mass is 397 g/mol. The van der Waals surface area contributed by atoms with E-state index in [1.54, 1.807) is 24.3 Å². The minimum Gasteiger partial charge on any atom is -0.493 e. The lowest BCUT2D eigenvalue weighted by atomic mass is 10.1. The van der Waals surface area contributed by atoms with Crippen LogP contribution < -0.4 is 14.2 Å². The van der Waals surface area contributed by atoms with E-state index < -0.39 is 10.1 Å². The molecule has 0 fully saturated rings. The van der Waals surface area contributed by atoms with Crippen LogP contribution in [0, 0.1) is 13.8 Å². The number of ether oxygens (including phenoxy) is 1. The van der Waals surface area contributed by atoms with Gasteiger partial charge in [0, 0.05) is 12.2 Å². The Kier molecular flexibility index (Phi) is 5.90. The van der Waals surface area contributed by atoms with Gasteiger partial charge in [-0.2, -0.15) is 8.42 Å². The molecule has 0 amide bonds. The van der Waals surface area contributed by atoms with Crippen molar-refractivity contribution in [3.63, 3.8) is 0 Å². The van der Waals surface area contributed by atoms with Gasteiger partial charge in [-0.25, -0.2) is 0 Å². The van der Waals surface area contributed by atoms with Crippen molar-refractivity contribution < 1.29 is 17.3 Å². The zero-order chi connectivity index (χ0) is 20.1. The van der Waals surface area contributed by atoms with Crippen LogP contribution in [0.25, 0.3) is 0 Å². The molecular formula is C22H23NO4S. The molecular weight excluding hydrogens is 374 g/mol. The first-order valence-corrected chi connectivity index (χ1v) is 10.3. The predicted octanol–water partition coefficient (Wildman–Crippen LogP) is 4.69. The summed E-state index contributed by atoms with van der Waals surface area (Å²) in [4.78, 5) is 0.102. The number of hydrogen-bond acceptors (Lipinski definition) is 5. The SMILES string of the molecule is COc1cc(CNc2ccccc2C)ccc1OS(=O)(=O)c1ccc(C)cc1. The van der Waals surface area contributed by atoms with E-state index in [1.807, 2.05) is 44.2 Å². The third-order valence-electron chi connectivity index (χ3n) is 4.37. The number of rotatable bonds is 7. The lowest BCUT2D eigenvalue weighted by Crippen LogP contribution is -2.10. The number of aryl methyl sites for hydroxylation is 2. The highest BCUT2D eigenvalue weighted by atomic mass is 32.2. The van der Waals surface area contributed by atoms with Crippen molar-refractivity contribution in [1.29, 1.82) is 0 Å². The summed E-state index contributed by atoms with van der Waals surface area (Å²) in [5.74, 6) is 0.516. The lowest BCUT2D eigenvalue weighted by molar-refractivity contribution is 0.390. The standard InChI is InChI=1S/C22H23NO4S/c1-16-8-11-19(12-9-16)28(24,25)27-21-13-10-18(14-22(21)26-3)15-23-20-7-5-4-6-17(20)2/h4-14,23H,15H2,1-3H3. The summed E-state index contributed by atoms with van der Waals surface area (Å²) >= 11 is 0. The molecule has 0 saturated heterocycles. The second-order valence-corrected chi connectivity index (χ2v) is 8.05. The van der Waals surface area contributed by atoms with Crippen molar-refractivity contribution in [3.05, 3.63) is 83.4 Å². The molecule has 0 aromatic heterocycles. The molecule has 146 valence electrons. The second-order valence-electron chi connectivity index (χ2n) is 6.50. The van der Waals surface area contributed by atoms with E-state index in [9.17, 15) is 8.42 Å². The van der Waals surface area contributed by atoms with Crippen LogP contribution in [-0.4, -0.2) is 15.5 Å². The fourth-order valence-corrected chi connectivity index (χ4v) is 3.67. The predicted molar refractivity (Wildman–Crippen MR) is 110 cm³/mol. The van der Waals surface area contributed by atoms with E-state index in [0.29, 0.717) is 12.3 Å². The summed E-state index contributed by atoms with van der Waals surface area (Å²) in [5.41, 5.74) is 4.12. The molecule has 0 unspecified atom stereocenters. The molecule has 1 N–H and O–H groups in total. The van der Waals surface area contributed by atoms with Crippen molar-refractivity contribution in [2.24, 2.45) is 0 Å². The van der Waals surface area contributed by atoms with Crippen LogP contribution in [0.5, 0.6) is 11.5 Å². The van der Waals surface area contributed by atoms with Gasteiger partial charge in [0.1, 0.15) is 4.90 Å². The third-order valence-corrected chi connectivity index (χ3v) is 5.61. The van der Waals surface area contributed by atoms with Crippen molar-refractivity contribution in [3.8, 4) is 11.5 Å². The van der Waals surface area contributed by atoms with Crippen LogP contribution in [0.4, 0.5) is 5.69 Å². The highest BCUT2D eigenvalue weighted by Gasteiger charge is 2.19. The molecule has 6 heteroatoms. The molecule has 0 saturated carbocycles. The second kappa shape index (κ2) is 8.35. The first kappa shape index (κ1) is 19.8. The van der Waals surface area contributed by atoms with E-state index in [4.69, 9.17) is 8.92 Å². The molecule has 0 aliphatic carbocycles. The summed E-state index contributed by atoms with van der Waals surface area (Å²) < 4.78 is 35.7. The molecule has 0 bridgehead atoms. The quantitative estimate of drug-likeness (QED) is 0.586. The van der Waals surface area contributed by atoms with E-state index in [0.717, 1.165) is 22.4 Å². The molecule has 3 aromatic rings. The van der Waals surface area contributed by atoms with Crippen LogP contribution in [0.15, 0.2) is 71.6 Å². The Hall–Kier alpha value is -2.99. The van der Waals surface area contributed by atoms with E-state index in [-0.39, 0.29) is 10.6 Å². The van der Waals surface area contributed by atoms with Gasteiger partial charge in [0.05, 0.1) is 7.11 Å². The van der Waals surface area contributed by atoms with E-state index in [2.05, 4.69) is 5.32 Å². The maximum Gasteiger partial charge on any atom is 0.339 e. The number of benzene rings is 3. The van der Waals surface area contributed by atoms with Crippen LogP contribution in [0.3, 0.4) is 0 Å². The number of methoxy groups -OCH3 is 1. The normalized spacial score (nSPS) is 11.1. The Morgan fingerprint density at radius 2 is 1.61 bits per heavy atom.